The van der Waals surface area contributed by atoms with E-state index in [0.717, 1.165) is 0 Å². The summed E-state index contributed by atoms with van der Waals surface area (Å²) >= 11 is 0. The van der Waals surface area contributed by atoms with Crippen LogP contribution in [0.25, 0.3) is 11.0 Å². The Labute approximate surface area is 150 Å². The highest BCUT2D eigenvalue weighted by molar-refractivity contribution is 5.91. The van der Waals surface area contributed by atoms with E-state index in [2.05, 4.69) is 4.74 Å². The molecule has 3 rings (SSSR count). The molecule has 1 heterocycles. The number of carbonyl (C=O) groups excluding carboxylic acids is 1. The van der Waals surface area contributed by atoms with Gasteiger partial charge >= 0.3 is 17.8 Å². The van der Waals surface area contributed by atoms with E-state index in [9.17, 15) is 22.8 Å². The van der Waals surface area contributed by atoms with Gasteiger partial charge in [-0.05, 0) is 35.9 Å². The molecule has 3 aromatic rings. The zero-order chi connectivity index (χ0) is 19.4. The van der Waals surface area contributed by atoms with Crippen LogP contribution in [-0.4, -0.2) is 18.8 Å². The summed E-state index contributed by atoms with van der Waals surface area (Å²) in [5, 5.41) is 0.678. The minimum Gasteiger partial charge on any atom is -0.423 e. The number of alkyl halides is 3. The lowest BCUT2D eigenvalue weighted by molar-refractivity contribution is -0.176. The summed E-state index contributed by atoms with van der Waals surface area (Å²) in [6.45, 7) is -1.56. The van der Waals surface area contributed by atoms with Crippen LogP contribution >= 0.6 is 0 Å². The first-order valence-electron chi connectivity index (χ1n) is 7.80. The standard InChI is InChI=1S/C19H13F3O5/c20-19(21,22)11-25-10-12-1-3-14(4-2-12)18(24)26-15-7-5-13-6-8-17(23)27-16(13)9-15/h1-9H,10-11H2. The van der Waals surface area contributed by atoms with Gasteiger partial charge in [0, 0.05) is 17.5 Å². The van der Waals surface area contributed by atoms with Crippen molar-refractivity contribution in [1.82, 2.24) is 0 Å². The van der Waals surface area contributed by atoms with E-state index in [1.165, 1.54) is 36.4 Å². The highest BCUT2D eigenvalue weighted by atomic mass is 19.4. The number of carbonyl (C=O) groups is 1. The largest absolute Gasteiger partial charge is 0.423 e. The van der Waals surface area contributed by atoms with Crippen molar-refractivity contribution in [3.05, 3.63) is 76.1 Å². The van der Waals surface area contributed by atoms with Crippen LogP contribution < -0.4 is 10.4 Å². The second kappa shape index (κ2) is 7.63. The SMILES string of the molecule is O=C(Oc1ccc2ccc(=O)oc2c1)c1ccc(COCC(F)(F)F)cc1. The Hall–Kier alpha value is -3.13. The summed E-state index contributed by atoms with van der Waals surface area (Å²) in [6.07, 6.45) is -4.39. The molecule has 0 amide bonds. The van der Waals surface area contributed by atoms with Crippen molar-refractivity contribution in [3.8, 4) is 5.75 Å². The predicted octanol–water partition coefficient (Wildman–Crippen LogP) is 4.09. The minimum absolute atomic E-state index is 0.194. The van der Waals surface area contributed by atoms with Crippen molar-refractivity contribution in [2.75, 3.05) is 6.61 Å². The number of benzene rings is 2. The number of rotatable bonds is 5. The number of esters is 1. The van der Waals surface area contributed by atoms with Crippen molar-refractivity contribution in [2.24, 2.45) is 0 Å². The van der Waals surface area contributed by atoms with E-state index in [4.69, 9.17) is 9.15 Å². The number of hydrogen-bond acceptors (Lipinski definition) is 5. The molecule has 0 aliphatic heterocycles. The van der Waals surface area contributed by atoms with Crippen molar-refractivity contribution in [3.63, 3.8) is 0 Å². The molecule has 0 aliphatic rings. The van der Waals surface area contributed by atoms with Crippen molar-refractivity contribution < 1.29 is 31.9 Å². The molecule has 27 heavy (non-hydrogen) atoms. The van der Waals surface area contributed by atoms with Gasteiger partial charge in [-0.1, -0.05) is 12.1 Å². The van der Waals surface area contributed by atoms with Gasteiger partial charge in [-0.25, -0.2) is 9.59 Å². The molecule has 1 aromatic heterocycles. The Morgan fingerprint density at radius 2 is 1.70 bits per heavy atom. The maximum absolute atomic E-state index is 12.2. The fourth-order valence-corrected chi connectivity index (χ4v) is 2.29. The fourth-order valence-electron chi connectivity index (χ4n) is 2.29. The van der Waals surface area contributed by atoms with E-state index in [0.29, 0.717) is 10.9 Å². The maximum Gasteiger partial charge on any atom is 0.411 e. The average Bonchev–Trinajstić information content (AvgIpc) is 2.61. The first-order chi connectivity index (χ1) is 12.8. The third-order valence-electron chi connectivity index (χ3n) is 3.53. The van der Waals surface area contributed by atoms with Gasteiger partial charge in [0.25, 0.3) is 0 Å². The Morgan fingerprint density at radius 3 is 2.41 bits per heavy atom. The van der Waals surface area contributed by atoms with Gasteiger partial charge < -0.3 is 13.9 Å². The van der Waals surface area contributed by atoms with Crippen LogP contribution in [0.5, 0.6) is 5.75 Å². The zero-order valence-electron chi connectivity index (χ0n) is 13.8. The summed E-state index contributed by atoms with van der Waals surface area (Å²) < 4.78 is 50.9. The first kappa shape index (κ1) is 18.7. The number of ether oxygens (including phenoxy) is 2. The lowest BCUT2D eigenvalue weighted by Crippen LogP contribution is -2.16. The van der Waals surface area contributed by atoms with Crippen LogP contribution in [0.2, 0.25) is 0 Å². The third kappa shape index (κ3) is 5.18. The Kier molecular flexibility index (Phi) is 5.27. The van der Waals surface area contributed by atoms with E-state index >= 15 is 0 Å². The summed E-state index contributed by atoms with van der Waals surface area (Å²) in [6, 6.07) is 13.3. The first-order valence-corrected chi connectivity index (χ1v) is 7.80. The molecule has 0 bridgehead atoms. The zero-order valence-corrected chi connectivity index (χ0v) is 13.8. The van der Waals surface area contributed by atoms with Crippen molar-refractivity contribution in [2.45, 2.75) is 12.8 Å². The Balaban J connectivity index is 1.65. The van der Waals surface area contributed by atoms with Crippen LogP contribution in [-0.2, 0) is 11.3 Å². The third-order valence-corrected chi connectivity index (χ3v) is 3.53. The summed E-state index contributed by atoms with van der Waals surface area (Å²) in [4.78, 5) is 23.4. The van der Waals surface area contributed by atoms with E-state index in [1.807, 2.05) is 0 Å². The predicted molar refractivity (Wildman–Crippen MR) is 89.6 cm³/mol. The molecule has 0 unspecified atom stereocenters. The lowest BCUT2D eigenvalue weighted by atomic mass is 10.1. The highest BCUT2D eigenvalue weighted by Gasteiger charge is 2.27. The number of fused-ring (bicyclic) bond motifs is 1. The maximum atomic E-state index is 12.2. The van der Waals surface area contributed by atoms with Crippen LogP contribution in [0.4, 0.5) is 13.2 Å². The lowest BCUT2D eigenvalue weighted by Gasteiger charge is -2.08. The minimum atomic E-state index is -4.39. The molecule has 0 atom stereocenters. The molecule has 0 radical (unpaired) electrons. The molecule has 0 aliphatic carbocycles. The van der Waals surface area contributed by atoms with E-state index < -0.39 is 24.4 Å². The van der Waals surface area contributed by atoms with Gasteiger partial charge in [0.05, 0.1) is 12.2 Å². The number of halogens is 3. The van der Waals surface area contributed by atoms with Crippen LogP contribution in [0.1, 0.15) is 15.9 Å². The number of hydrogen-bond donors (Lipinski definition) is 0. The second-order valence-electron chi connectivity index (χ2n) is 5.65. The molecule has 0 fully saturated rings. The smallest absolute Gasteiger partial charge is 0.411 e. The molecule has 140 valence electrons. The molecular weight excluding hydrogens is 365 g/mol. The second-order valence-corrected chi connectivity index (χ2v) is 5.65. The van der Waals surface area contributed by atoms with Crippen molar-refractivity contribution >= 4 is 16.9 Å². The van der Waals surface area contributed by atoms with Crippen molar-refractivity contribution in [1.29, 1.82) is 0 Å². The van der Waals surface area contributed by atoms with Gasteiger partial charge in [-0.15, -0.1) is 0 Å². The molecule has 0 saturated heterocycles. The van der Waals surface area contributed by atoms with Gasteiger partial charge in [-0.2, -0.15) is 13.2 Å². The summed E-state index contributed by atoms with van der Waals surface area (Å²) in [7, 11) is 0. The van der Waals surface area contributed by atoms with Gasteiger partial charge in [-0.3, -0.25) is 0 Å². The molecule has 8 heteroatoms. The monoisotopic (exact) mass is 378 g/mol. The molecule has 0 saturated carbocycles. The quantitative estimate of drug-likeness (QED) is 0.380. The molecule has 2 aromatic carbocycles. The Bertz CT molecular complexity index is 1010. The van der Waals surface area contributed by atoms with Gasteiger partial charge in [0.2, 0.25) is 0 Å². The molecule has 0 spiro atoms. The van der Waals surface area contributed by atoms with Gasteiger partial charge in [0.1, 0.15) is 17.9 Å². The van der Waals surface area contributed by atoms with E-state index in [-0.39, 0.29) is 23.5 Å². The van der Waals surface area contributed by atoms with Crippen LogP contribution in [0.3, 0.4) is 0 Å². The summed E-state index contributed by atoms with van der Waals surface area (Å²) in [5.74, 6) is -0.463. The van der Waals surface area contributed by atoms with Crippen LogP contribution in [0, 0.1) is 0 Å². The normalized spacial score (nSPS) is 11.5. The van der Waals surface area contributed by atoms with E-state index in [1.54, 1.807) is 18.2 Å². The fraction of sp³-hybridized carbons (Fsp3) is 0.158. The highest BCUT2D eigenvalue weighted by Crippen LogP contribution is 2.21. The molecule has 0 N–H and O–H groups in total. The molecule has 5 nitrogen and oxygen atoms in total. The topological polar surface area (TPSA) is 65.7 Å². The summed E-state index contributed by atoms with van der Waals surface area (Å²) in [5.41, 5.74) is 0.465. The van der Waals surface area contributed by atoms with Gasteiger partial charge in [0.15, 0.2) is 0 Å². The van der Waals surface area contributed by atoms with Crippen LogP contribution in [0.15, 0.2) is 63.8 Å². The molecular formula is C19H13F3O5. The Morgan fingerprint density at radius 1 is 1.00 bits per heavy atom. The average molecular weight is 378 g/mol.